The van der Waals surface area contributed by atoms with E-state index in [0.29, 0.717) is 6.04 Å². The topological polar surface area (TPSA) is 12.0 Å². The Labute approximate surface area is 124 Å². The van der Waals surface area contributed by atoms with Crippen molar-refractivity contribution in [2.75, 3.05) is 5.32 Å². The van der Waals surface area contributed by atoms with E-state index < -0.39 is 0 Å². The molecule has 0 radical (unpaired) electrons. The largest absolute Gasteiger partial charge is 0.378 e. The lowest BCUT2D eigenvalue weighted by Crippen LogP contribution is -2.04. The molecule has 2 rings (SSSR count). The summed E-state index contributed by atoms with van der Waals surface area (Å²) < 4.78 is 0.846. The Morgan fingerprint density at radius 1 is 1.16 bits per heavy atom. The van der Waals surface area contributed by atoms with Crippen molar-refractivity contribution in [3.8, 4) is 0 Å². The van der Waals surface area contributed by atoms with Gasteiger partial charge in [-0.3, -0.25) is 0 Å². The third-order valence-electron chi connectivity index (χ3n) is 3.18. The molecule has 0 fully saturated rings. The van der Waals surface area contributed by atoms with Crippen LogP contribution >= 0.6 is 22.9 Å². The Kier molecular flexibility index (Phi) is 5.29. The van der Waals surface area contributed by atoms with E-state index in [1.807, 2.05) is 6.07 Å². The van der Waals surface area contributed by atoms with E-state index in [0.717, 1.165) is 10.0 Å². The van der Waals surface area contributed by atoms with Gasteiger partial charge in [-0.1, -0.05) is 37.1 Å². The second-order valence-electron chi connectivity index (χ2n) is 4.81. The summed E-state index contributed by atoms with van der Waals surface area (Å²) in [5.41, 5.74) is 2.58. The van der Waals surface area contributed by atoms with Crippen molar-refractivity contribution >= 4 is 28.6 Å². The van der Waals surface area contributed by atoms with E-state index in [-0.39, 0.29) is 0 Å². The SMILES string of the molecule is CCCCc1ccc(NC(C)c2ccc(Cl)s2)cc1. The fourth-order valence-corrected chi connectivity index (χ4v) is 3.09. The number of unbranched alkanes of at least 4 members (excludes halogenated alkanes) is 1. The Morgan fingerprint density at radius 3 is 2.47 bits per heavy atom. The van der Waals surface area contributed by atoms with Crippen molar-refractivity contribution in [1.82, 2.24) is 0 Å². The molecule has 0 saturated carbocycles. The monoisotopic (exact) mass is 293 g/mol. The number of nitrogens with one attached hydrogen (secondary N) is 1. The maximum absolute atomic E-state index is 5.97. The molecule has 0 saturated heterocycles. The Balaban J connectivity index is 1.95. The summed E-state index contributed by atoms with van der Waals surface area (Å²) in [7, 11) is 0. The number of halogens is 1. The molecule has 1 heterocycles. The van der Waals surface area contributed by atoms with Crippen LogP contribution in [0.4, 0.5) is 5.69 Å². The first-order chi connectivity index (χ1) is 9.19. The summed E-state index contributed by atoms with van der Waals surface area (Å²) >= 11 is 7.60. The van der Waals surface area contributed by atoms with E-state index in [2.05, 4.69) is 49.5 Å². The number of rotatable bonds is 6. The lowest BCUT2D eigenvalue weighted by atomic mass is 10.1. The highest BCUT2D eigenvalue weighted by Gasteiger charge is 2.07. The predicted octanol–water partition coefficient (Wildman–Crippen LogP) is 5.92. The minimum absolute atomic E-state index is 0.291. The summed E-state index contributed by atoms with van der Waals surface area (Å²) in [5.74, 6) is 0. The van der Waals surface area contributed by atoms with Crippen LogP contribution < -0.4 is 5.32 Å². The van der Waals surface area contributed by atoms with Crippen molar-refractivity contribution in [2.45, 2.75) is 39.2 Å². The van der Waals surface area contributed by atoms with Gasteiger partial charge in [0.15, 0.2) is 0 Å². The van der Waals surface area contributed by atoms with Crippen LogP contribution in [-0.4, -0.2) is 0 Å². The summed E-state index contributed by atoms with van der Waals surface area (Å²) in [6, 6.07) is 13.1. The predicted molar refractivity (Wildman–Crippen MR) is 86.4 cm³/mol. The second-order valence-corrected chi connectivity index (χ2v) is 6.56. The van der Waals surface area contributed by atoms with Gasteiger partial charge in [0.05, 0.1) is 10.4 Å². The molecular weight excluding hydrogens is 274 g/mol. The molecule has 0 aliphatic carbocycles. The van der Waals surface area contributed by atoms with Crippen molar-refractivity contribution in [2.24, 2.45) is 0 Å². The van der Waals surface area contributed by atoms with Crippen LogP contribution in [0.3, 0.4) is 0 Å². The molecule has 1 N–H and O–H groups in total. The molecule has 2 aromatic rings. The minimum Gasteiger partial charge on any atom is -0.378 e. The van der Waals surface area contributed by atoms with Crippen LogP contribution in [0.15, 0.2) is 36.4 Å². The normalized spacial score (nSPS) is 12.4. The second kappa shape index (κ2) is 6.97. The molecule has 1 aromatic carbocycles. The molecule has 0 aliphatic heterocycles. The lowest BCUT2D eigenvalue weighted by Gasteiger charge is -2.14. The fourth-order valence-electron chi connectivity index (χ4n) is 2.03. The summed E-state index contributed by atoms with van der Waals surface area (Å²) in [4.78, 5) is 1.26. The molecule has 1 unspecified atom stereocenters. The number of anilines is 1. The van der Waals surface area contributed by atoms with Gasteiger partial charge in [0.25, 0.3) is 0 Å². The van der Waals surface area contributed by atoms with Crippen molar-refractivity contribution < 1.29 is 0 Å². The van der Waals surface area contributed by atoms with Gasteiger partial charge in [-0.05, 0) is 49.6 Å². The maximum atomic E-state index is 5.97. The Hall–Kier alpha value is -0.990. The lowest BCUT2D eigenvalue weighted by molar-refractivity contribution is 0.795. The van der Waals surface area contributed by atoms with Crippen molar-refractivity contribution in [1.29, 1.82) is 0 Å². The van der Waals surface area contributed by atoms with Crippen LogP contribution in [0.5, 0.6) is 0 Å². The molecule has 1 aromatic heterocycles. The third-order valence-corrected chi connectivity index (χ3v) is 4.59. The van der Waals surface area contributed by atoms with Gasteiger partial charge in [-0.2, -0.15) is 0 Å². The van der Waals surface area contributed by atoms with E-state index in [4.69, 9.17) is 11.6 Å². The van der Waals surface area contributed by atoms with E-state index >= 15 is 0 Å². The fraction of sp³-hybridized carbons (Fsp3) is 0.375. The van der Waals surface area contributed by atoms with Gasteiger partial charge in [-0.15, -0.1) is 11.3 Å². The highest BCUT2D eigenvalue weighted by molar-refractivity contribution is 7.16. The number of aryl methyl sites for hydroxylation is 1. The summed E-state index contributed by atoms with van der Waals surface area (Å²) in [5, 5.41) is 3.51. The molecule has 19 heavy (non-hydrogen) atoms. The van der Waals surface area contributed by atoms with Crippen molar-refractivity contribution in [3.05, 3.63) is 51.2 Å². The summed E-state index contributed by atoms with van der Waals surface area (Å²) in [6.45, 7) is 4.39. The number of thiophene rings is 1. The number of benzene rings is 1. The molecule has 0 spiro atoms. The average Bonchev–Trinajstić information content (AvgIpc) is 2.85. The molecule has 0 amide bonds. The molecule has 3 heteroatoms. The van der Waals surface area contributed by atoms with Crippen molar-refractivity contribution in [3.63, 3.8) is 0 Å². The first-order valence-electron chi connectivity index (χ1n) is 6.79. The van der Waals surface area contributed by atoms with Gasteiger partial charge in [0.1, 0.15) is 0 Å². The van der Waals surface area contributed by atoms with E-state index in [9.17, 15) is 0 Å². The zero-order chi connectivity index (χ0) is 13.7. The van der Waals surface area contributed by atoms with Crippen LogP contribution in [-0.2, 0) is 6.42 Å². The van der Waals surface area contributed by atoms with E-state index in [1.54, 1.807) is 11.3 Å². The number of hydrogen-bond donors (Lipinski definition) is 1. The van der Waals surface area contributed by atoms with Crippen LogP contribution in [0.1, 0.15) is 43.2 Å². The first kappa shape index (κ1) is 14.4. The van der Waals surface area contributed by atoms with Crippen LogP contribution in [0, 0.1) is 0 Å². The summed E-state index contributed by atoms with van der Waals surface area (Å²) in [6.07, 6.45) is 3.68. The van der Waals surface area contributed by atoms with Gasteiger partial charge in [0, 0.05) is 10.6 Å². The Morgan fingerprint density at radius 2 is 1.89 bits per heavy atom. The molecule has 0 bridgehead atoms. The smallest absolute Gasteiger partial charge is 0.0932 e. The van der Waals surface area contributed by atoms with Crippen LogP contribution in [0.2, 0.25) is 4.34 Å². The van der Waals surface area contributed by atoms with Gasteiger partial charge < -0.3 is 5.32 Å². The minimum atomic E-state index is 0.291. The first-order valence-corrected chi connectivity index (χ1v) is 7.99. The van der Waals surface area contributed by atoms with Crippen LogP contribution in [0.25, 0.3) is 0 Å². The molecule has 1 nitrogen and oxygen atoms in total. The Bertz CT molecular complexity index is 504. The van der Waals surface area contributed by atoms with Gasteiger partial charge >= 0.3 is 0 Å². The average molecular weight is 294 g/mol. The highest BCUT2D eigenvalue weighted by Crippen LogP contribution is 2.29. The zero-order valence-electron chi connectivity index (χ0n) is 11.4. The van der Waals surface area contributed by atoms with E-state index in [1.165, 1.54) is 29.7 Å². The van der Waals surface area contributed by atoms with Gasteiger partial charge in [-0.25, -0.2) is 0 Å². The zero-order valence-corrected chi connectivity index (χ0v) is 13.0. The standard InChI is InChI=1S/C16H20ClNS/c1-3-4-5-13-6-8-14(9-7-13)18-12(2)15-10-11-16(17)19-15/h6-12,18H,3-5H2,1-2H3. The molecule has 1 atom stereocenters. The maximum Gasteiger partial charge on any atom is 0.0932 e. The van der Waals surface area contributed by atoms with Gasteiger partial charge in [0.2, 0.25) is 0 Å². The third kappa shape index (κ3) is 4.26. The molecule has 0 aliphatic rings. The number of hydrogen-bond acceptors (Lipinski definition) is 2. The molecule has 102 valence electrons. The quantitative estimate of drug-likeness (QED) is 0.697. The molecular formula is C16H20ClNS. The highest BCUT2D eigenvalue weighted by atomic mass is 35.5.